The van der Waals surface area contributed by atoms with E-state index in [1.807, 2.05) is 13.8 Å². The Morgan fingerprint density at radius 1 is 1.33 bits per heavy atom. The Morgan fingerprint density at radius 3 is 2.54 bits per heavy atom. The number of aromatic nitrogens is 1. The van der Waals surface area contributed by atoms with Crippen molar-refractivity contribution in [3.05, 3.63) is 46.2 Å². The number of hydrogen-bond donors (Lipinski definition) is 2. The van der Waals surface area contributed by atoms with Gasteiger partial charge in [0.2, 0.25) is 6.10 Å². The summed E-state index contributed by atoms with van der Waals surface area (Å²) in [5.41, 5.74) is 0. The zero-order chi connectivity index (χ0) is 17.7. The second-order valence-corrected chi connectivity index (χ2v) is 6.39. The largest absolute Gasteiger partial charge is 0.478 e. The third kappa shape index (κ3) is 4.76. The molecule has 0 radical (unpaired) electrons. The van der Waals surface area contributed by atoms with Crippen molar-refractivity contribution in [3.63, 3.8) is 0 Å². The van der Waals surface area contributed by atoms with Crippen LogP contribution in [-0.2, 0) is 4.79 Å². The standard InChI is InChI=1S/C16H17FN2O4S/c1-9(2)15-19-8-13(24-15)14(20)18-7-12(16(21)22)23-11-5-3-10(17)4-6-11/h3-6,8-9,12H,7H2,1-2H3,(H,18,20)(H,21,22). The van der Waals surface area contributed by atoms with Crippen molar-refractivity contribution in [2.45, 2.75) is 25.9 Å². The number of nitrogens with zero attached hydrogens (tertiary/aromatic N) is 1. The third-order valence-corrected chi connectivity index (χ3v) is 4.35. The maximum atomic E-state index is 12.8. The lowest BCUT2D eigenvalue weighted by Crippen LogP contribution is -2.40. The van der Waals surface area contributed by atoms with Crippen molar-refractivity contribution in [3.8, 4) is 5.75 Å². The van der Waals surface area contributed by atoms with Crippen LogP contribution in [0.25, 0.3) is 0 Å². The predicted molar refractivity (Wildman–Crippen MR) is 87.0 cm³/mol. The Bertz CT molecular complexity index is 715. The van der Waals surface area contributed by atoms with Crippen LogP contribution >= 0.6 is 11.3 Å². The Hall–Kier alpha value is -2.48. The first-order valence-corrected chi connectivity index (χ1v) is 8.07. The number of nitrogens with one attached hydrogen (secondary N) is 1. The lowest BCUT2D eigenvalue weighted by Gasteiger charge is -2.15. The van der Waals surface area contributed by atoms with Crippen molar-refractivity contribution in [1.29, 1.82) is 0 Å². The van der Waals surface area contributed by atoms with Crippen LogP contribution < -0.4 is 10.1 Å². The maximum absolute atomic E-state index is 12.8. The molecule has 2 aromatic rings. The number of benzene rings is 1. The number of ether oxygens (including phenoxy) is 1. The highest BCUT2D eigenvalue weighted by molar-refractivity contribution is 7.13. The molecule has 1 heterocycles. The van der Waals surface area contributed by atoms with Gasteiger partial charge in [-0.25, -0.2) is 14.2 Å². The molecule has 0 saturated carbocycles. The van der Waals surface area contributed by atoms with Gasteiger partial charge in [0, 0.05) is 5.92 Å². The molecule has 0 aliphatic heterocycles. The molecule has 0 spiro atoms. The zero-order valence-electron chi connectivity index (χ0n) is 13.2. The van der Waals surface area contributed by atoms with E-state index in [0.29, 0.717) is 4.88 Å². The highest BCUT2D eigenvalue weighted by atomic mass is 32.1. The number of amides is 1. The summed E-state index contributed by atoms with van der Waals surface area (Å²) in [7, 11) is 0. The molecule has 0 aliphatic carbocycles. The fourth-order valence-corrected chi connectivity index (χ4v) is 2.63. The molecular weight excluding hydrogens is 335 g/mol. The summed E-state index contributed by atoms with van der Waals surface area (Å²) in [6, 6.07) is 4.98. The lowest BCUT2D eigenvalue weighted by molar-refractivity contribution is -0.144. The SMILES string of the molecule is CC(C)c1ncc(C(=O)NCC(Oc2ccc(F)cc2)C(=O)O)s1. The van der Waals surface area contributed by atoms with E-state index in [-0.39, 0.29) is 18.2 Å². The summed E-state index contributed by atoms with van der Waals surface area (Å²) >= 11 is 1.26. The number of carbonyl (C=O) groups excluding carboxylic acids is 1. The summed E-state index contributed by atoms with van der Waals surface area (Å²) in [6.45, 7) is 3.72. The number of halogens is 1. The fourth-order valence-electron chi connectivity index (χ4n) is 1.79. The molecule has 2 rings (SSSR count). The highest BCUT2D eigenvalue weighted by Crippen LogP contribution is 2.21. The van der Waals surface area contributed by atoms with Crippen LogP contribution in [-0.4, -0.2) is 34.6 Å². The smallest absolute Gasteiger partial charge is 0.346 e. The molecule has 8 heteroatoms. The molecule has 1 aromatic carbocycles. The van der Waals surface area contributed by atoms with Crippen molar-refractivity contribution in [1.82, 2.24) is 10.3 Å². The number of thiazole rings is 1. The van der Waals surface area contributed by atoms with Gasteiger partial charge in [-0.05, 0) is 24.3 Å². The third-order valence-electron chi connectivity index (χ3n) is 3.06. The van der Waals surface area contributed by atoms with Gasteiger partial charge in [-0.1, -0.05) is 13.8 Å². The summed E-state index contributed by atoms with van der Waals surface area (Å²) in [4.78, 5) is 27.9. The van der Waals surface area contributed by atoms with Gasteiger partial charge in [0.15, 0.2) is 0 Å². The van der Waals surface area contributed by atoms with Crippen LogP contribution in [0.3, 0.4) is 0 Å². The quantitative estimate of drug-likeness (QED) is 0.800. The zero-order valence-corrected chi connectivity index (χ0v) is 14.0. The minimum absolute atomic E-state index is 0.206. The average molecular weight is 352 g/mol. The van der Waals surface area contributed by atoms with Gasteiger partial charge in [0.05, 0.1) is 17.7 Å². The normalized spacial score (nSPS) is 12.0. The number of rotatable bonds is 7. The topological polar surface area (TPSA) is 88.5 Å². The predicted octanol–water partition coefficient (Wildman–Crippen LogP) is 2.67. The number of carboxylic acid groups (broad SMARTS) is 1. The first kappa shape index (κ1) is 17.9. The molecule has 24 heavy (non-hydrogen) atoms. The van der Waals surface area contributed by atoms with E-state index in [0.717, 1.165) is 17.1 Å². The number of aliphatic carboxylic acids is 1. The molecule has 0 bridgehead atoms. The molecule has 128 valence electrons. The van der Waals surface area contributed by atoms with Crippen molar-refractivity contribution in [2.24, 2.45) is 0 Å². The molecule has 0 aliphatic rings. The minimum atomic E-state index is -1.28. The van der Waals surface area contributed by atoms with E-state index in [4.69, 9.17) is 4.74 Å². The second kappa shape index (κ2) is 7.87. The summed E-state index contributed by atoms with van der Waals surface area (Å²) in [5.74, 6) is -1.67. The van der Waals surface area contributed by atoms with Crippen molar-refractivity contribution >= 4 is 23.2 Å². The minimum Gasteiger partial charge on any atom is -0.478 e. The first-order chi connectivity index (χ1) is 11.4. The van der Waals surface area contributed by atoms with Crippen LogP contribution in [0, 0.1) is 5.82 Å². The van der Waals surface area contributed by atoms with Gasteiger partial charge in [-0.15, -0.1) is 11.3 Å². The number of hydrogen-bond acceptors (Lipinski definition) is 5. The van der Waals surface area contributed by atoms with Crippen LogP contribution in [0.4, 0.5) is 4.39 Å². The van der Waals surface area contributed by atoms with Crippen LogP contribution in [0.5, 0.6) is 5.75 Å². The van der Waals surface area contributed by atoms with Gasteiger partial charge in [0.1, 0.15) is 16.4 Å². The molecule has 0 saturated heterocycles. The van der Waals surface area contributed by atoms with Gasteiger partial charge in [-0.3, -0.25) is 4.79 Å². The van der Waals surface area contributed by atoms with E-state index in [9.17, 15) is 19.1 Å². The maximum Gasteiger partial charge on any atom is 0.346 e. The molecule has 6 nitrogen and oxygen atoms in total. The van der Waals surface area contributed by atoms with E-state index >= 15 is 0 Å². The van der Waals surface area contributed by atoms with E-state index in [2.05, 4.69) is 10.3 Å². The molecule has 0 fully saturated rings. The van der Waals surface area contributed by atoms with Gasteiger partial charge >= 0.3 is 5.97 Å². The fraction of sp³-hybridized carbons (Fsp3) is 0.312. The molecular formula is C16H17FN2O4S. The summed E-state index contributed by atoms with van der Waals surface area (Å²) in [6.07, 6.45) is 0.184. The van der Waals surface area contributed by atoms with Crippen LogP contribution in [0.1, 0.15) is 34.4 Å². The Morgan fingerprint density at radius 2 is 2.00 bits per heavy atom. The van der Waals surface area contributed by atoms with Gasteiger partial charge in [-0.2, -0.15) is 0 Å². The van der Waals surface area contributed by atoms with Crippen LogP contribution in [0.2, 0.25) is 0 Å². The summed E-state index contributed by atoms with van der Waals surface area (Å²) in [5, 5.41) is 12.5. The Kier molecular flexibility index (Phi) is 5.86. The first-order valence-electron chi connectivity index (χ1n) is 7.25. The molecule has 1 aromatic heterocycles. The molecule has 1 atom stereocenters. The van der Waals surface area contributed by atoms with Gasteiger partial charge in [0.25, 0.3) is 5.91 Å². The molecule has 2 N–H and O–H groups in total. The number of carbonyl (C=O) groups is 2. The Balaban J connectivity index is 1.96. The van der Waals surface area contributed by atoms with Crippen molar-refractivity contribution < 1.29 is 23.8 Å². The van der Waals surface area contributed by atoms with E-state index in [1.54, 1.807) is 0 Å². The highest BCUT2D eigenvalue weighted by Gasteiger charge is 2.21. The lowest BCUT2D eigenvalue weighted by atomic mass is 10.2. The second-order valence-electron chi connectivity index (χ2n) is 5.33. The molecule has 1 amide bonds. The Labute approximate surface area is 142 Å². The molecule has 1 unspecified atom stereocenters. The average Bonchev–Trinajstić information content (AvgIpc) is 3.03. The van der Waals surface area contributed by atoms with E-state index in [1.165, 1.54) is 29.7 Å². The van der Waals surface area contributed by atoms with E-state index < -0.39 is 23.8 Å². The van der Waals surface area contributed by atoms with Crippen molar-refractivity contribution in [2.75, 3.05) is 6.54 Å². The van der Waals surface area contributed by atoms with Gasteiger partial charge < -0.3 is 15.2 Å². The monoisotopic (exact) mass is 352 g/mol. The van der Waals surface area contributed by atoms with Crippen LogP contribution in [0.15, 0.2) is 30.5 Å². The number of carboxylic acids is 1. The summed E-state index contributed by atoms with van der Waals surface area (Å²) < 4.78 is 18.1.